The second-order valence-electron chi connectivity index (χ2n) is 6.02. The van der Waals surface area contributed by atoms with Crippen molar-refractivity contribution in [2.24, 2.45) is 5.14 Å². The fourth-order valence-electron chi connectivity index (χ4n) is 2.27. The summed E-state index contributed by atoms with van der Waals surface area (Å²) in [6.07, 6.45) is 0. The highest BCUT2D eigenvalue weighted by Gasteiger charge is 2.31. The van der Waals surface area contributed by atoms with Crippen LogP contribution >= 0.6 is 0 Å². The molecule has 1 aromatic carbocycles. The summed E-state index contributed by atoms with van der Waals surface area (Å²) in [6.45, 7) is 7.65. The van der Waals surface area contributed by atoms with Crippen molar-refractivity contribution < 1.29 is 8.42 Å². The van der Waals surface area contributed by atoms with E-state index >= 15 is 0 Å². The molecule has 2 aromatic rings. The van der Waals surface area contributed by atoms with Crippen molar-refractivity contribution in [2.75, 3.05) is 0 Å². The summed E-state index contributed by atoms with van der Waals surface area (Å²) < 4.78 is 25.1. The number of nitrogens with two attached hydrogens (primary N) is 1. The van der Waals surface area contributed by atoms with Crippen molar-refractivity contribution in [3.05, 3.63) is 41.7 Å². The first kappa shape index (κ1) is 15.7. The van der Waals surface area contributed by atoms with E-state index in [4.69, 9.17) is 5.14 Å². The lowest BCUT2D eigenvalue weighted by molar-refractivity contribution is 0.347. The lowest BCUT2D eigenvalue weighted by Crippen LogP contribution is -2.30. The van der Waals surface area contributed by atoms with Crippen molar-refractivity contribution in [1.82, 2.24) is 14.8 Å². The maximum absolute atomic E-state index is 11.7. The van der Waals surface area contributed by atoms with Crippen molar-refractivity contribution in [3.8, 4) is 0 Å². The number of sulfonamides is 1. The van der Waals surface area contributed by atoms with Gasteiger partial charge in [0.05, 0.1) is 0 Å². The Morgan fingerprint density at radius 2 is 1.71 bits per heavy atom. The third-order valence-corrected chi connectivity index (χ3v) is 4.04. The minimum Gasteiger partial charge on any atom is -0.295 e. The predicted molar refractivity (Wildman–Crippen MR) is 80.4 cm³/mol. The third kappa shape index (κ3) is 3.14. The van der Waals surface area contributed by atoms with Crippen LogP contribution in [0.25, 0.3) is 0 Å². The second-order valence-corrected chi connectivity index (χ2v) is 7.48. The first-order chi connectivity index (χ1) is 9.62. The molecule has 21 heavy (non-hydrogen) atoms. The lowest BCUT2D eigenvalue weighted by Gasteiger charge is -2.26. The predicted octanol–water partition coefficient (Wildman–Crippen LogP) is 1.83. The maximum atomic E-state index is 11.7. The zero-order valence-corrected chi connectivity index (χ0v) is 13.4. The molecule has 6 nitrogen and oxygen atoms in total. The number of primary sulfonamides is 1. The fourth-order valence-corrected chi connectivity index (χ4v) is 3.04. The van der Waals surface area contributed by atoms with Gasteiger partial charge in [-0.05, 0) is 26.3 Å². The van der Waals surface area contributed by atoms with Crippen LogP contribution in [0.15, 0.2) is 35.5 Å². The van der Waals surface area contributed by atoms with E-state index in [2.05, 4.69) is 10.2 Å². The molecule has 0 aliphatic heterocycles. The van der Waals surface area contributed by atoms with Crippen LogP contribution in [0.4, 0.5) is 0 Å². The molecular weight excluding hydrogens is 288 g/mol. The number of rotatable bonds is 3. The molecule has 1 heterocycles. The van der Waals surface area contributed by atoms with E-state index in [9.17, 15) is 8.42 Å². The Bertz CT molecular complexity index is 730. The maximum Gasteiger partial charge on any atom is 0.273 e. The largest absolute Gasteiger partial charge is 0.295 e. The van der Waals surface area contributed by atoms with Gasteiger partial charge in [-0.2, -0.15) is 0 Å². The molecule has 2 rings (SSSR count). The molecule has 1 aromatic heterocycles. The minimum atomic E-state index is -3.92. The van der Waals surface area contributed by atoms with E-state index in [1.807, 2.05) is 58.0 Å². The molecule has 0 bridgehead atoms. The average molecular weight is 308 g/mol. The molecular formula is C14H20N4O2S. The molecule has 2 N–H and O–H groups in total. The second kappa shape index (κ2) is 5.23. The molecule has 1 unspecified atom stereocenters. The molecule has 0 amide bonds. The number of hydrogen-bond acceptors (Lipinski definition) is 4. The normalized spacial score (nSPS) is 14.1. The number of benzene rings is 1. The molecule has 0 aliphatic carbocycles. The van der Waals surface area contributed by atoms with E-state index in [1.54, 1.807) is 4.57 Å². The van der Waals surface area contributed by atoms with Gasteiger partial charge in [0.2, 0.25) is 0 Å². The van der Waals surface area contributed by atoms with E-state index in [1.165, 1.54) is 0 Å². The highest BCUT2D eigenvalue weighted by atomic mass is 32.2. The van der Waals surface area contributed by atoms with Crippen LogP contribution in [-0.4, -0.2) is 23.2 Å². The van der Waals surface area contributed by atoms with Gasteiger partial charge in [0.25, 0.3) is 15.2 Å². The van der Waals surface area contributed by atoms with Gasteiger partial charge in [-0.15, -0.1) is 10.2 Å². The topological polar surface area (TPSA) is 90.9 Å². The van der Waals surface area contributed by atoms with Crippen LogP contribution in [0.5, 0.6) is 0 Å². The van der Waals surface area contributed by atoms with Crippen LogP contribution in [0, 0.1) is 0 Å². The molecule has 0 saturated carbocycles. The molecule has 1 atom stereocenters. The van der Waals surface area contributed by atoms with E-state index in [0.29, 0.717) is 5.82 Å². The van der Waals surface area contributed by atoms with Crippen LogP contribution < -0.4 is 5.14 Å². The van der Waals surface area contributed by atoms with Crippen molar-refractivity contribution in [2.45, 2.75) is 44.3 Å². The molecule has 0 spiro atoms. The number of aromatic nitrogens is 3. The van der Waals surface area contributed by atoms with Gasteiger partial charge in [-0.3, -0.25) is 4.57 Å². The van der Waals surface area contributed by atoms with Crippen LogP contribution in [-0.2, 0) is 15.6 Å². The van der Waals surface area contributed by atoms with Gasteiger partial charge in [0.1, 0.15) is 5.82 Å². The van der Waals surface area contributed by atoms with Gasteiger partial charge in [-0.25, -0.2) is 13.6 Å². The summed E-state index contributed by atoms with van der Waals surface area (Å²) in [5, 5.41) is 12.9. The number of nitrogens with zero attached hydrogens (tertiary/aromatic N) is 3. The van der Waals surface area contributed by atoms with Crippen molar-refractivity contribution in [3.63, 3.8) is 0 Å². The van der Waals surface area contributed by atoms with Gasteiger partial charge in [0, 0.05) is 11.5 Å². The Morgan fingerprint density at radius 1 is 1.14 bits per heavy atom. The highest BCUT2D eigenvalue weighted by molar-refractivity contribution is 7.89. The van der Waals surface area contributed by atoms with Crippen LogP contribution in [0.3, 0.4) is 0 Å². The third-order valence-electron chi connectivity index (χ3n) is 3.27. The van der Waals surface area contributed by atoms with E-state index < -0.39 is 15.6 Å². The zero-order valence-electron chi connectivity index (χ0n) is 12.6. The summed E-state index contributed by atoms with van der Waals surface area (Å²) in [6, 6.07) is 9.75. The van der Waals surface area contributed by atoms with Crippen molar-refractivity contribution >= 4 is 10.0 Å². The Labute approximate surface area is 125 Å². The molecule has 0 fully saturated rings. The number of hydrogen-bond donors (Lipinski definition) is 1. The van der Waals surface area contributed by atoms with E-state index in [0.717, 1.165) is 5.56 Å². The van der Waals surface area contributed by atoms with Gasteiger partial charge < -0.3 is 0 Å². The molecule has 0 saturated heterocycles. The van der Waals surface area contributed by atoms with Crippen LogP contribution in [0.1, 0.15) is 45.0 Å². The molecule has 7 heteroatoms. The SMILES string of the molecule is CC(c1ccccc1)c1nnc(S(N)(=O)=O)n1C(C)(C)C. The monoisotopic (exact) mass is 308 g/mol. The summed E-state index contributed by atoms with van der Waals surface area (Å²) >= 11 is 0. The van der Waals surface area contributed by atoms with Crippen LogP contribution in [0.2, 0.25) is 0 Å². The Kier molecular flexibility index (Phi) is 3.90. The first-order valence-corrected chi connectivity index (χ1v) is 8.20. The smallest absolute Gasteiger partial charge is 0.273 e. The summed E-state index contributed by atoms with van der Waals surface area (Å²) in [7, 11) is -3.92. The quantitative estimate of drug-likeness (QED) is 0.936. The average Bonchev–Trinajstić information content (AvgIpc) is 2.83. The van der Waals surface area contributed by atoms with Gasteiger partial charge >= 0.3 is 0 Å². The lowest BCUT2D eigenvalue weighted by atomic mass is 9.99. The highest BCUT2D eigenvalue weighted by Crippen LogP contribution is 2.29. The molecule has 114 valence electrons. The Balaban J connectivity index is 2.63. The van der Waals surface area contributed by atoms with Gasteiger partial charge in [-0.1, -0.05) is 37.3 Å². The summed E-state index contributed by atoms with van der Waals surface area (Å²) in [4.78, 5) is 0. The van der Waals surface area contributed by atoms with Gasteiger partial charge in [0.15, 0.2) is 0 Å². The molecule has 0 radical (unpaired) electrons. The molecule has 0 aliphatic rings. The fraction of sp³-hybridized carbons (Fsp3) is 0.429. The Morgan fingerprint density at radius 3 is 2.19 bits per heavy atom. The Hall–Kier alpha value is -1.73. The van der Waals surface area contributed by atoms with Crippen molar-refractivity contribution in [1.29, 1.82) is 0 Å². The van der Waals surface area contributed by atoms with E-state index in [-0.39, 0.29) is 11.1 Å². The minimum absolute atomic E-state index is 0.0894. The standard InChI is InChI=1S/C14H20N4O2S/c1-10(11-8-6-5-7-9-11)12-16-17-13(21(15,19)20)18(12)14(2,3)4/h5-10H,1-4H3,(H2,15,19,20). The zero-order chi connectivity index (χ0) is 15.8. The first-order valence-electron chi connectivity index (χ1n) is 6.66. The summed E-state index contributed by atoms with van der Waals surface area (Å²) in [5.74, 6) is 0.492. The summed E-state index contributed by atoms with van der Waals surface area (Å²) in [5.41, 5.74) is 0.542.